The predicted octanol–water partition coefficient (Wildman–Crippen LogP) is 3.30. The summed E-state index contributed by atoms with van der Waals surface area (Å²) in [6.45, 7) is 10.2. The molecule has 4 nitrogen and oxygen atoms in total. The third-order valence-electron chi connectivity index (χ3n) is 4.90. The number of amides is 1. The summed E-state index contributed by atoms with van der Waals surface area (Å²) in [5, 5.41) is 0. The number of likely N-dealkylation sites (tertiary alicyclic amines) is 1. The van der Waals surface area contributed by atoms with Gasteiger partial charge in [0.05, 0.1) is 6.42 Å². The lowest BCUT2D eigenvalue weighted by Crippen LogP contribution is -2.61. The number of carbonyl (C=O) groups is 1. The Balaban J connectivity index is 1.55. The smallest absolute Gasteiger partial charge is 0.227 e. The summed E-state index contributed by atoms with van der Waals surface area (Å²) in [6, 6.07) is 12.8. The molecule has 1 aromatic heterocycles. The predicted molar refractivity (Wildman–Crippen MR) is 105 cm³/mol. The van der Waals surface area contributed by atoms with E-state index in [4.69, 9.17) is 0 Å². The second-order valence-electron chi connectivity index (χ2n) is 7.80. The van der Waals surface area contributed by atoms with Crippen molar-refractivity contribution in [1.82, 2.24) is 14.8 Å². The summed E-state index contributed by atoms with van der Waals surface area (Å²) in [6.07, 6.45) is 4.20. The summed E-state index contributed by atoms with van der Waals surface area (Å²) in [5.41, 5.74) is 3.59. The van der Waals surface area contributed by atoms with E-state index in [-0.39, 0.29) is 5.91 Å². The molecule has 4 heteroatoms. The van der Waals surface area contributed by atoms with Crippen LogP contribution in [0.25, 0.3) is 0 Å². The van der Waals surface area contributed by atoms with Crippen LogP contribution in [0.15, 0.2) is 48.8 Å². The summed E-state index contributed by atoms with van der Waals surface area (Å²) in [7, 11) is 0. The normalized spacial score (nSPS) is 14.7. The van der Waals surface area contributed by atoms with Gasteiger partial charge in [-0.1, -0.05) is 43.7 Å². The summed E-state index contributed by atoms with van der Waals surface area (Å²) in [5.74, 6) is 0.842. The third-order valence-corrected chi connectivity index (χ3v) is 4.90. The zero-order valence-electron chi connectivity index (χ0n) is 16.1. The molecule has 0 aliphatic carbocycles. The van der Waals surface area contributed by atoms with Crippen LogP contribution in [-0.4, -0.2) is 46.4 Å². The number of benzene rings is 1. The lowest BCUT2D eigenvalue weighted by atomic mass is 10.0. The zero-order valence-corrected chi connectivity index (χ0v) is 16.1. The SMILES string of the molecule is Cc1cccc(CC(=O)N2CC(N(Cc3ccncc3)CC(C)C)C2)c1. The molecule has 0 bridgehead atoms. The molecule has 1 aromatic carbocycles. The standard InChI is InChI=1S/C22H29N3O/c1-17(2)13-24(14-19-7-9-23-10-8-19)21-15-25(16-21)22(26)12-20-6-4-5-18(3)11-20/h4-11,17,21H,12-16H2,1-3H3. The van der Waals surface area contributed by atoms with Crippen molar-refractivity contribution < 1.29 is 4.79 Å². The molecule has 0 N–H and O–H groups in total. The molecule has 0 atom stereocenters. The Morgan fingerprint density at radius 3 is 2.58 bits per heavy atom. The third kappa shape index (κ3) is 4.92. The van der Waals surface area contributed by atoms with Crippen LogP contribution >= 0.6 is 0 Å². The Labute approximate surface area is 156 Å². The van der Waals surface area contributed by atoms with Gasteiger partial charge in [-0.25, -0.2) is 0 Å². The van der Waals surface area contributed by atoms with E-state index < -0.39 is 0 Å². The maximum absolute atomic E-state index is 12.6. The number of aromatic nitrogens is 1. The van der Waals surface area contributed by atoms with E-state index in [1.54, 1.807) is 0 Å². The zero-order chi connectivity index (χ0) is 18.5. The van der Waals surface area contributed by atoms with E-state index in [0.29, 0.717) is 18.4 Å². The fourth-order valence-electron chi connectivity index (χ4n) is 3.53. The number of aryl methyl sites for hydroxylation is 1. The van der Waals surface area contributed by atoms with Gasteiger partial charge in [-0.05, 0) is 36.1 Å². The maximum atomic E-state index is 12.6. The minimum atomic E-state index is 0.236. The topological polar surface area (TPSA) is 36.4 Å². The van der Waals surface area contributed by atoms with Crippen molar-refractivity contribution in [3.8, 4) is 0 Å². The molecule has 138 valence electrons. The fraction of sp³-hybridized carbons (Fsp3) is 0.455. The van der Waals surface area contributed by atoms with Crippen molar-refractivity contribution in [3.63, 3.8) is 0 Å². The van der Waals surface area contributed by atoms with E-state index in [1.807, 2.05) is 29.4 Å². The van der Waals surface area contributed by atoms with Crippen molar-refractivity contribution >= 4 is 5.91 Å². The molecule has 0 radical (unpaired) electrons. The molecule has 2 heterocycles. The highest BCUT2D eigenvalue weighted by Gasteiger charge is 2.34. The van der Waals surface area contributed by atoms with Gasteiger partial charge in [0, 0.05) is 44.6 Å². The number of pyridine rings is 1. The molecule has 0 spiro atoms. The van der Waals surface area contributed by atoms with Gasteiger partial charge in [0.25, 0.3) is 0 Å². The highest BCUT2D eigenvalue weighted by atomic mass is 16.2. The Bertz CT molecular complexity index is 723. The molecule has 0 unspecified atom stereocenters. The summed E-state index contributed by atoms with van der Waals surface area (Å²) >= 11 is 0. The molecule has 1 saturated heterocycles. The van der Waals surface area contributed by atoms with Crippen LogP contribution in [0.4, 0.5) is 0 Å². The molecule has 2 aromatic rings. The monoisotopic (exact) mass is 351 g/mol. The second kappa shape index (κ2) is 8.45. The van der Waals surface area contributed by atoms with E-state index in [0.717, 1.165) is 31.7 Å². The van der Waals surface area contributed by atoms with Crippen molar-refractivity contribution in [2.45, 2.75) is 39.8 Å². The molecule has 3 rings (SSSR count). The van der Waals surface area contributed by atoms with Crippen molar-refractivity contribution in [2.24, 2.45) is 5.92 Å². The van der Waals surface area contributed by atoms with Gasteiger partial charge in [-0.15, -0.1) is 0 Å². The van der Waals surface area contributed by atoms with Gasteiger partial charge >= 0.3 is 0 Å². The lowest BCUT2D eigenvalue weighted by molar-refractivity contribution is -0.138. The Morgan fingerprint density at radius 1 is 1.19 bits per heavy atom. The quantitative estimate of drug-likeness (QED) is 0.768. The number of hydrogen-bond acceptors (Lipinski definition) is 3. The van der Waals surface area contributed by atoms with Gasteiger partial charge in [0.2, 0.25) is 5.91 Å². The Kier molecular flexibility index (Phi) is 6.04. The molecule has 26 heavy (non-hydrogen) atoms. The second-order valence-corrected chi connectivity index (χ2v) is 7.80. The van der Waals surface area contributed by atoms with Gasteiger partial charge in [-0.3, -0.25) is 14.7 Å². The summed E-state index contributed by atoms with van der Waals surface area (Å²) < 4.78 is 0. The highest BCUT2D eigenvalue weighted by molar-refractivity contribution is 5.79. The Morgan fingerprint density at radius 2 is 1.92 bits per heavy atom. The van der Waals surface area contributed by atoms with E-state index in [1.165, 1.54) is 11.1 Å². The first-order chi connectivity index (χ1) is 12.5. The van der Waals surface area contributed by atoms with E-state index in [2.05, 4.69) is 54.9 Å². The average Bonchev–Trinajstić information content (AvgIpc) is 2.53. The molecule has 0 saturated carbocycles. The number of carbonyl (C=O) groups excluding carboxylic acids is 1. The number of rotatable bonds is 7. The minimum absolute atomic E-state index is 0.236. The van der Waals surface area contributed by atoms with Crippen LogP contribution in [-0.2, 0) is 17.8 Å². The van der Waals surface area contributed by atoms with Crippen LogP contribution < -0.4 is 0 Å². The largest absolute Gasteiger partial charge is 0.339 e. The number of hydrogen-bond donors (Lipinski definition) is 0. The highest BCUT2D eigenvalue weighted by Crippen LogP contribution is 2.20. The average molecular weight is 351 g/mol. The van der Waals surface area contributed by atoms with Crippen LogP contribution in [0.5, 0.6) is 0 Å². The van der Waals surface area contributed by atoms with Crippen LogP contribution in [0.3, 0.4) is 0 Å². The molecular weight excluding hydrogens is 322 g/mol. The maximum Gasteiger partial charge on any atom is 0.227 e. The number of nitrogens with zero attached hydrogens (tertiary/aromatic N) is 3. The van der Waals surface area contributed by atoms with Gasteiger partial charge < -0.3 is 4.90 Å². The van der Waals surface area contributed by atoms with Crippen molar-refractivity contribution in [3.05, 3.63) is 65.5 Å². The van der Waals surface area contributed by atoms with Crippen LogP contribution in [0, 0.1) is 12.8 Å². The van der Waals surface area contributed by atoms with Crippen molar-refractivity contribution in [2.75, 3.05) is 19.6 Å². The molecule has 1 aliphatic rings. The minimum Gasteiger partial charge on any atom is -0.339 e. The first kappa shape index (κ1) is 18.6. The van der Waals surface area contributed by atoms with Gasteiger partial charge in [0.15, 0.2) is 0 Å². The van der Waals surface area contributed by atoms with Crippen LogP contribution in [0.2, 0.25) is 0 Å². The first-order valence-corrected chi connectivity index (χ1v) is 9.47. The Hall–Kier alpha value is -2.20. The fourth-order valence-corrected chi connectivity index (χ4v) is 3.53. The van der Waals surface area contributed by atoms with E-state index >= 15 is 0 Å². The van der Waals surface area contributed by atoms with Gasteiger partial charge in [-0.2, -0.15) is 0 Å². The first-order valence-electron chi connectivity index (χ1n) is 9.47. The molecular formula is C22H29N3O. The molecule has 1 aliphatic heterocycles. The van der Waals surface area contributed by atoms with Crippen LogP contribution in [0.1, 0.15) is 30.5 Å². The van der Waals surface area contributed by atoms with Crippen molar-refractivity contribution in [1.29, 1.82) is 0 Å². The summed E-state index contributed by atoms with van der Waals surface area (Å²) in [4.78, 5) is 21.2. The molecule has 1 fully saturated rings. The van der Waals surface area contributed by atoms with Gasteiger partial charge in [0.1, 0.15) is 0 Å². The van der Waals surface area contributed by atoms with E-state index in [9.17, 15) is 4.79 Å². The lowest BCUT2D eigenvalue weighted by Gasteiger charge is -2.46. The molecule has 1 amide bonds.